The number of rotatable bonds is 12. The van der Waals surface area contributed by atoms with Crippen LogP contribution in [0.1, 0.15) is 76.3 Å². The lowest BCUT2D eigenvalue weighted by Crippen LogP contribution is -1.83. The fourth-order valence-electron chi connectivity index (χ4n) is 3.65. The van der Waals surface area contributed by atoms with E-state index in [0.717, 1.165) is 0 Å². The van der Waals surface area contributed by atoms with E-state index in [-0.39, 0.29) is 0 Å². The van der Waals surface area contributed by atoms with Gasteiger partial charge in [-0.1, -0.05) is 70.6 Å². The molecule has 28 heavy (non-hydrogen) atoms. The summed E-state index contributed by atoms with van der Waals surface area (Å²) in [6.07, 6.45) is 13.1. The van der Waals surface area contributed by atoms with Crippen LogP contribution in [0.5, 0.6) is 0 Å². The summed E-state index contributed by atoms with van der Waals surface area (Å²) in [4.78, 5) is 2.81. The standard InChI is InChI=1S/C26H34S2/c1-3-5-7-9-12-21-16-25(27-19-21)23-14-11-15-24(18-23)26-17-22(20-28-26)13-10-8-6-4-2/h11,14-20H,3-10,12-13H2,1-2H3. The summed E-state index contributed by atoms with van der Waals surface area (Å²) in [5, 5.41) is 4.71. The Morgan fingerprint density at radius 2 is 1.11 bits per heavy atom. The minimum absolute atomic E-state index is 1.22. The summed E-state index contributed by atoms with van der Waals surface area (Å²) >= 11 is 3.79. The molecule has 0 aliphatic rings. The van der Waals surface area contributed by atoms with E-state index >= 15 is 0 Å². The Bertz CT molecular complexity index is 759. The number of hydrogen-bond acceptors (Lipinski definition) is 2. The number of benzene rings is 1. The highest BCUT2D eigenvalue weighted by molar-refractivity contribution is 7.14. The molecule has 0 atom stereocenters. The predicted molar refractivity (Wildman–Crippen MR) is 129 cm³/mol. The van der Waals surface area contributed by atoms with Crippen LogP contribution in [0.4, 0.5) is 0 Å². The molecule has 0 N–H and O–H groups in total. The van der Waals surface area contributed by atoms with Gasteiger partial charge >= 0.3 is 0 Å². The van der Waals surface area contributed by atoms with Gasteiger partial charge in [0.2, 0.25) is 0 Å². The summed E-state index contributed by atoms with van der Waals surface area (Å²) in [5.74, 6) is 0. The number of aryl methyl sites for hydroxylation is 2. The lowest BCUT2D eigenvalue weighted by molar-refractivity contribution is 0.667. The smallest absolute Gasteiger partial charge is 0.0345 e. The second-order valence-corrected chi connectivity index (χ2v) is 9.66. The van der Waals surface area contributed by atoms with Gasteiger partial charge in [0.1, 0.15) is 0 Å². The molecule has 0 saturated carbocycles. The minimum Gasteiger partial charge on any atom is -0.144 e. The van der Waals surface area contributed by atoms with Gasteiger partial charge in [0.15, 0.2) is 0 Å². The van der Waals surface area contributed by atoms with Crippen molar-refractivity contribution in [3.05, 3.63) is 58.3 Å². The molecular weight excluding hydrogens is 376 g/mol. The molecule has 2 heterocycles. The van der Waals surface area contributed by atoms with Crippen LogP contribution in [-0.2, 0) is 12.8 Å². The van der Waals surface area contributed by atoms with E-state index in [1.807, 2.05) is 22.7 Å². The van der Waals surface area contributed by atoms with E-state index in [0.29, 0.717) is 0 Å². The Kier molecular flexibility index (Phi) is 8.82. The van der Waals surface area contributed by atoms with Gasteiger partial charge in [-0.3, -0.25) is 0 Å². The van der Waals surface area contributed by atoms with Crippen LogP contribution in [0.15, 0.2) is 47.2 Å². The summed E-state index contributed by atoms with van der Waals surface area (Å²) in [7, 11) is 0. The Morgan fingerprint density at radius 1 is 0.607 bits per heavy atom. The maximum atomic E-state index is 2.41. The van der Waals surface area contributed by atoms with E-state index in [1.54, 1.807) is 0 Å². The van der Waals surface area contributed by atoms with Gasteiger partial charge in [-0.2, -0.15) is 0 Å². The second-order valence-electron chi connectivity index (χ2n) is 7.84. The Balaban J connectivity index is 1.63. The van der Waals surface area contributed by atoms with Crippen molar-refractivity contribution in [3.63, 3.8) is 0 Å². The average molecular weight is 411 g/mol. The Morgan fingerprint density at radius 3 is 1.57 bits per heavy atom. The topological polar surface area (TPSA) is 0 Å². The highest BCUT2D eigenvalue weighted by Crippen LogP contribution is 2.34. The highest BCUT2D eigenvalue weighted by Gasteiger charge is 2.07. The van der Waals surface area contributed by atoms with Gasteiger partial charge in [0.25, 0.3) is 0 Å². The molecular formula is C26H34S2. The first-order valence-corrected chi connectivity index (χ1v) is 12.8. The van der Waals surface area contributed by atoms with Crippen LogP contribution in [0.25, 0.3) is 20.9 Å². The molecule has 150 valence electrons. The van der Waals surface area contributed by atoms with Crippen molar-refractivity contribution < 1.29 is 0 Å². The van der Waals surface area contributed by atoms with Gasteiger partial charge in [-0.15, -0.1) is 22.7 Å². The SMILES string of the molecule is CCCCCCc1csc(-c2cccc(-c3cc(CCCCCC)cs3)c2)c1. The second kappa shape index (κ2) is 11.6. The zero-order chi connectivity index (χ0) is 19.6. The van der Waals surface area contributed by atoms with E-state index < -0.39 is 0 Å². The van der Waals surface area contributed by atoms with E-state index in [9.17, 15) is 0 Å². The van der Waals surface area contributed by atoms with Crippen LogP contribution in [-0.4, -0.2) is 0 Å². The summed E-state index contributed by atoms with van der Waals surface area (Å²) < 4.78 is 0. The molecule has 2 heteroatoms. The van der Waals surface area contributed by atoms with Crippen LogP contribution in [0, 0.1) is 0 Å². The van der Waals surface area contributed by atoms with E-state index in [4.69, 9.17) is 0 Å². The van der Waals surface area contributed by atoms with E-state index in [2.05, 4.69) is 61.0 Å². The molecule has 1 aromatic carbocycles. The lowest BCUT2D eigenvalue weighted by atomic mass is 10.0. The zero-order valence-electron chi connectivity index (χ0n) is 17.5. The molecule has 0 bridgehead atoms. The Labute approximate surface area is 179 Å². The van der Waals surface area contributed by atoms with Gasteiger partial charge in [-0.05, 0) is 76.9 Å². The van der Waals surface area contributed by atoms with Gasteiger partial charge in [0.05, 0.1) is 0 Å². The van der Waals surface area contributed by atoms with E-state index in [1.165, 1.54) is 96.2 Å². The molecule has 0 amide bonds. The van der Waals surface area contributed by atoms with Gasteiger partial charge in [-0.25, -0.2) is 0 Å². The number of hydrogen-bond donors (Lipinski definition) is 0. The van der Waals surface area contributed by atoms with Crippen molar-refractivity contribution in [2.45, 2.75) is 78.1 Å². The van der Waals surface area contributed by atoms with Crippen molar-refractivity contribution in [2.75, 3.05) is 0 Å². The quantitative estimate of drug-likeness (QED) is 0.261. The molecule has 0 unspecified atom stereocenters. The fourth-order valence-corrected chi connectivity index (χ4v) is 5.55. The maximum Gasteiger partial charge on any atom is 0.0345 e. The molecule has 0 radical (unpaired) electrons. The monoisotopic (exact) mass is 410 g/mol. The van der Waals surface area contributed by atoms with Crippen molar-refractivity contribution >= 4 is 22.7 Å². The van der Waals surface area contributed by atoms with Gasteiger partial charge < -0.3 is 0 Å². The summed E-state index contributed by atoms with van der Waals surface area (Å²) in [5.41, 5.74) is 5.74. The first-order valence-electron chi connectivity index (χ1n) is 11.1. The highest BCUT2D eigenvalue weighted by atomic mass is 32.1. The average Bonchev–Trinajstić information content (AvgIpc) is 3.39. The lowest BCUT2D eigenvalue weighted by Gasteiger charge is -2.02. The van der Waals surface area contributed by atoms with Crippen molar-refractivity contribution in [3.8, 4) is 20.9 Å². The molecule has 0 saturated heterocycles. The third-order valence-corrected chi connectivity index (χ3v) is 7.43. The van der Waals surface area contributed by atoms with Crippen molar-refractivity contribution in [1.29, 1.82) is 0 Å². The largest absolute Gasteiger partial charge is 0.144 e. The molecule has 3 rings (SSSR count). The fraction of sp³-hybridized carbons (Fsp3) is 0.462. The van der Waals surface area contributed by atoms with Crippen molar-refractivity contribution in [2.24, 2.45) is 0 Å². The minimum atomic E-state index is 1.22. The first-order chi connectivity index (χ1) is 13.8. The molecule has 2 aromatic heterocycles. The molecule has 0 aliphatic heterocycles. The molecule has 0 fully saturated rings. The van der Waals surface area contributed by atoms with Crippen LogP contribution < -0.4 is 0 Å². The third-order valence-electron chi connectivity index (χ3n) is 5.38. The number of thiophene rings is 2. The summed E-state index contributed by atoms with van der Waals surface area (Å²) in [6.45, 7) is 4.55. The normalized spacial score (nSPS) is 11.2. The zero-order valence-corrected chi connectivity index (χ0v) is 19.1. The molecule has 0 aliphatic carbocycles. The predicted octanol–water partition coefficient (Wildman–Crippen LogP) is 9.39. The maximum absolute atomic E-state index is 2.41. The molecule has 3 aromatic rings. The summed E-state index contributed by atoms with van der Waals surface area (Å²) in [6, 6.07) is 13.9. The van der Waals surface area contributed by atoms with Gasteiger partial charge in [0, 0.05) is 9.75 Å². The third kappa shape index (κ3) is 6.32. The van der Waals surface area contributed by atoms with Crippen LogP contribution in [0.3, 0.4) is 0 Å². The molecule has 0 nitrogen and oxygen atoms in total. The number of unbranched alkanes of at least 4 members (excludes halogenated alkanes) is 6. The van der Waals surface area contributed by atoms with Crippen molar-refractivity contribution in [1.82, 2.24) is 0 Å². The first kappa shape index (κ1) is 21.3. The Hall–Kier alpha value is -1.38. The van der Waals surface area contributed by atoms with Crippen LogP contribution >= 0.6 is 22.7 Å². The van der Waals surface area contributed by atoms with Crippen LogP contribution in [0.2, 0.25) is 0 Å². The molecule has 0 spiro atoms.